The average Bonchev–Trinajstić information content (AvgIpc) is 3.39. The van der Waals surface area contributed by atoms with Crippen molar-refractivity contribution in [2.75, 3.05) is 4.90 Å². The van der Waals surface area contributed by atoms with Gasteiger partial charge in [0.25, 0.3) is 0 Å². The normalized spacial score (nSPS) is 11.4. The van der Waals surface area contributed by atoms with Crippen molar-refractivity contribution >= 4 is 60.2 Å². The third-order valence-corrected chi connectivity index (χ3v) is 13.0. The van der Waals surface area contributed by atoms with Crippen molar-refractivity contribution in [3.05, 3.63) is 261 Å². The largest absolute Gasteiger partial charge is 0.310 e. The van der Waals surface area contributed by atoms with E-state index in [2.05, 4.69) is 266 Å². The highest BCUT2D eigenvalue weighted by Crippen LogP contribution is 2.45. The molecule has 0 saturated heterocycles. The van der Waals surface area contributed by atoms with Crippen LogP contribution in [0.1, 0.15) is 0 Å². The van der Waals surface area contributed by atoms with Crippen molar-refractivity contribution in [2.24, 2.45) is 0 Å². The minimum atomic E-state index is 1.08. The van der Waals surface area contributed by atoms with Gasteiger partial charge in [-0.2, -0.15) is 0 Å². The molecule has 0 unspecified atom stereocenters. The molecule has 0 amide bonds. The Morgan fingerprint density at radius 2 is 0.631 bits per heavy atom. The maximum absolute atomic E-state index is 2.43. The van der Waals surface area contributed by atoms with Crippen LogP contribution < -0.4 is 4.90 Å². The maximum atomic E-state index is 2.43. The fraction of sp³-hybridized carbons (Fsp3) is 0. The zero-order chi connectivity index (χ0) is 43.1. The molecule has 1 nitrogen and oxygen atoms in total. The van der Waals surface area contributed by atoms with Gasteiger partial charge in [-0.25, -0.2) is 0 Å². The van der Waals surface area contributed by atoms with Gasteiger partial charge in [0.1, 0.15) is 0 Å². The van der Waals surface area contributed by atoms with Gasteiger partial charge < -0.3 is 4.90 Å². The van der Waals surface area contributed by atoms with Crippen molar-refractivity contribution in [3.63, 3.8) is 0 Å². The first-order valence-corrected chi connectivity index (χ1v) is 22.4. The first-order valence-electron chi connectivity index (χ1n) is 22.4. The van der Waals surface area contributed by atoms with E-state index in [0.717, 1.165) is 28.2 Å². The molecule has 1 heteroatoms. The van der Waals surface area contributed by atoms with Crippen LogP contribution in [0.4, 0.5) is 17.1 Å². The van der Waals surface area contributed by atoms with E-state index < -0.39 is 0 Å². The van der Waals surface area contributed by atoms with E-state index in [4.69, 9.17) is 0 Å². The van der Waals surface area contributed by atoms with Gasteiger partial charge in [0.05, 0.1) is 5.69 Å². The number of nitrogens with zero attached hydrogens (tertiary/aromatic N) is 1. The van der Waals surface area contributed by atoms with Gasteiger partial charge in [0, 0.05) is 16.9 Å². The van der Waals surface area contributed by atoms with E-state index in [9.17, 15) is 0 Å². The molecule has 0 aromatic heterocycles. The summed E-state index contributed by atoms with van der Waals surface area (Å²) in [6.45, 7) is 0. The number of fused-ring (bicyclic) bond motifs is 5. The van der Waals surface area contributed by atoms with E-state index in [1.54, 1.807) is 0 Å². The lowest BCUT2D eigenvalue weighted by molar-refractivity contribution is 1.28. The highest BCUT2D eigenvalue weighted by Gasteiger charge is 2.20. The molecule has 12 aromatic carbocycles. The molecule has 12 aromatic rings. The molecular weight excluding hydrogens is 783 g/mol. The Balaban J connectivity index is 1.00. The van der Waals surface area contributed by atoms with E-state index in [1.165, 1.54) is 87.6 Å². The Bertz CT molecular complexity index is 3700. The number of hydrogen-bond acceptors (Lipinski definition) is 1. The Morgan fingerprint density at radius 1 is 0.200 bits per heavy atom. The standard InChI is InChI=1S/C64H43N/c1-2-15-47(16-3-1)60-38-33-55(54-28-26-45-14-5-7-18-50(45)41-54)43-64(60)65(58-36-31-48(32-37-58)63-42-56-19-8-9-22-59(56)61-23-10-11-24-62(61)63)57-34-29-46(30-35-57)51-20-12-21-52(39-51)53-27-25-44-13-4-6-17-49(44)40-53/h1-43H. The van der Waals surface area contributed by atoms with Crippen molar-refractivity contribution in [1.29, 1.82) is 0 Å². The molecule has 0 spiro atoms. The van der Waals surface area contributed by atoms with Crippen LogP contribution in [-0.2, 0) is 0 Å². The van der Waals surface area contributed by atoms with E-state index in [-0.39, 0.29) is 0 Å². The van der Waals surface area contributed by atoms with Gasteiger partial charge in [0.15, 0.2) is 0 Å². The van der Waals surface area contributed by atoms with Crippen LogP contribution in [0.5, 0.6) is 0 Å². The first-order chi connectivity index (χ1) is 32.2. The van der Waals surface area contributed by atoms with E-state index >= 15 is 0 Å². The van der Waals surface area contributed by atoms with Crippen molar-refractivity contribution in [1.82, 2.24) is 0 Å². The van der Waals surface area contributed by atoms with Crippen LogP contribution in [0.25, 0.3) is 98.7 Å². The Kier molecular flexibility index (Phi) is 9.58. The van der Waals surface area contributed by atoms with Gasteiger partial charge >= 0.3 is 0 Å². The van der Waals surface area contributed by atoms with Gasteiger partial charge in [-0.1, -0.05) is 206 Å². The van der Waals surface area contributed by atoms with Crippen LogP contribution in [0.3, 0.4) is 0 Å². The highest BCUT2D eigenvalue weighted by molar-refractivity contribution is 6.14. The highest BCUT2D eigenvalue weighted by atomic mass is 15.1. The predicted molar refractivity (Wildman–Crippen MR) is 278 cm³/mol. The summed E-state index contributed by atoms with van der Waals surface area (Å²) in [4.78, 5) is 2.43. The van der Waals surface area contributed by atoms with Crippen LogP contribution in [0.15, 0.2) is 261 Å². The zero-order valence-electron chi connectivity index (χ0n) is 35.8. The second-order valence-corrected chi connectivity index (χ2v) is 16.9. The average molecular weight is 826 g/mol. The number of hydrogen-bond donors (Lipinski definition) is 0. The number of benzene rings is 12. The van der Waals surface area contributed by atoms with Crippen LogP contribution in [0.2, 0.25) is 0 Å². The monoisotopic (exact) mass is 825 g/mol. The Labute approximate surface area is 379 Å². The lowest BCUT2D eigenvalue weighted by Gasteiger charge is -2.29. The molecule has 0 N–H and O–H groups in total. The Hall–Kier alpha value is -8.52. The summed E-state index contributed by atoms with van der Waals surface area (Å²) < 4.78 is 0. The van der Waals surface area contributed by atoms with E-state index in [1.807, 2.05) is 0 Å². The maximum Gasteiger partial charge on any atom is 0.0546 e. The molecular formula is C64H43N. The smallest absolute Gasteiger partial charge is 0.0546 e. The molecule has 0 heterocycles. The summed E-state index contributed by atoms with van der Waals surface area (Å²) in [6, 6.07) is 95.4. The first kappa shape index (κ1) is 38.2. The lowest BCUT2D eigenvalue weighted by atomic mass is 9.93. The van der Waals surface area contributed by atoms with Crippen molar-refractivity contribution < 1.29 is 0 Å². The van der Waals surface area contributed by atoms with Crippen LogP contribution in [0, 0.1) is 0 Å². The summed E-state index contributed by atoms with van der Waals surface area (Å²) in [7, 11) is 0. The molecule has 0 aliphatic rings. The minimum absolute atomic E-state index is 1.08. The Morgan fingerprint density at radius 3 is 1.28 bits per heavy atom. The molecule has 0 bridgehead atoms. The molecule has 0 aliphatic heterocycles. The molecule has 0 fully saturated rings. The quantitative estimate of drug-likeness (QED) is 0.138. The third kappa shape index (κ3) is 7.20. The van der Waals surface area contributed by atoms with E-state index in [0.29, 0.717) is 0 Å². The van der Waals surface area contributed by atoms with Crippen LogP contribution in [-0.4, -0.2) is 0 Å². The molecule has 0 saturated carbocycles. The molecule has 0 atom stereocenters. The van der Waals surface area contributed by atoms with Gasteiger partial charge in [-0.15, -0.1) is 0 Å². The van der Waals surface area contributed by atoms with Crippen molar-refractivity contribution in [3.8, 4) is 55.6 Å². The SMILES string of the molecule is c1ccc(-c2ccc(-c3ccc4ccccc4c3)cc2N(c2ccc(-c3cccc(-c4ccc5ccccc5c4)c3)cc2)c2ccc(-c3cc4ccccc4c4ccccc34)cc2)cc1. The number of anilines is 3. The molecule has 0 aliphatic carbocycles. The minimum Gasteiger partial charge on any atom is -0.310 e. The summed E-state index contributed by atoms with van der Waals surface area (Å²) in [5, 5.41) is 10.0. The second-order valence-electron chi connectivity index (χ2n) is 16.9. The third-order valence-electron chi connectivity index (χ3n) is 13.0. The van der Waals surface area contributed by atoms with Crippen molar-refractivity contribution in [2.45, 2.75) is 0 Å². The summed E-state index contributed by atoms with van der Waals surface area (Å²) in [5.41, 5.74) is 15.1. The second kappa shape index (κ2) is 16.3. The number of rotatable bonds is 8. The van der Waals surface area contributed by atoms with Gasteiger partial charge in [0.2, 0.25) is 0 Å². The topological polar surface area (TPSA) is 3.24 Å². The lowest BCUT2D eigenvalue weighted by Crippen LogP contribution is -2.11. The zero-order valence-corrected chi connectivity index (χ0v) is 35.8. The molecule has 0 radical (unpaired) electrons. The molecule has 304 valence electrons. The predicted octanol–water partition coefficient (Wildman–Crippen LogP) is 18.1. The van der Waals surface area contributed by atoms with Gasteiger partial charge in [-0.05, 0) is 148 Å². The summed E-state index contributed by atoms with van der Waals surface area (Å²) >= 11 is 0. The molecule has 65 heavy (non-hydrogen) atoms. The fourth-order valence-electron chi connectivity index (χ4n) is 9.69. The van der Waals surface area contributed by atoms with Gasteiger partial charge in [-0.3, -0.25) is 0 Å². The summed E-state index contributed by atoms with van der Waals surface area (Å²) in [5.74, 6) is 0. The molecule has 12 rings (SSSR count). The summed E-state index contributed by atoms with van der Waals surface area (Å²) in [6.07, 6.45) is 0. The fourth-order valence-corrected chi connectivity index (χ4v) is 9.69. The van der Waals surface area contributed by atoms with Crippen LogP contribution >= 0.6 is 0 Å².